The lowest BCUT2D eigenvalue weighted by molar-refractivity contribution is -0.140. The van der Waals surface area contributed by atoms with E-state index in [1.165, 1.54) is 18.2 Å². The lowest BCUT2D eigenvalue weighted by Crippen LogP contribution is -2.35. The summed E-state index contributed by atoms with van der Waals surface area (Å²) in [6.45, 7) is 1.44. The number of urea groups is 1. The van der Waals surface area contributed by atoms with Gasteiger partial charge in [-0.15, -0.1) is 0 Å². The van der Waals surface area contributed by atoms with Gasteiger partial charge in [-0.1, -0.05) is 12.1 Å². The summed E-state index contributed by atoms with van der Waals surface area (Å²) in [5.41, 5.74) is 1.21. The summed E-state index contributed by atoms with van der Waals surface area (Å²) < 4.78 is 12.0. The standard InChI is InChI=1S/C22H19BrN2O8/c1-2-32-17-9-13(8-16-20(28)25(10-18(26)27)22(31)24-16)7-15(23)19(17)33-11-12-4-3-5-14(6-12)21(29)30/h3-9H,2,10-11H2,1H3,(H,24,31)(H,26,27)(H,29,30)/b16-8+. The molecule has 2 aromatic carbocycles. The number of carboxylic acid groups (broad SMARTS) is 2. The molecule has 0 aromatic heterocycles. The summed E-state index contributed by atoms with van der Waals surface area (Å²) in [5.74, 6) is -2.38. The molecule has 2 aromatic rings. The van der Waals surface area contributed by atoms with Gasteiger partial charge in [-0.2, -0.15) is 0 Å². The molecule has 0 radical (unpaired) electrons. The van der Waals surface area contributed by atoms with Crippen LogP contribution in [-0.4, -0.2) is 52.1 Å². The van der Waals surface area contributed by atoms with Gasteiger partial charge in [0.2, 0.25) is 0 Å². The zero-order valence-electron chi connectivity index (χ0n) is 17.3. The molecule has 3 rings (SSSR count). The molecule has 0 bridgehead atoms. The fourth-order valence-corrected chi connectivity index (χ4v) is 3.62. The topological polar surface area (TPSA) is 142 Å². The SMILES string of the molecule is CCOc1cc(/C=C2/NC(=O)N(CC(=O)O)C2=O)cc(Br)c1OCc1cccc(C(=O)O)c1. The van der Waals surface area contributed by atoms with Crippen molar-refractivity contribution in [3.8, 4) is 11.5 Å². The molecule has 3 N–H and O–H groups in total. The van der Waals surface area contributed by atoms with Crippen LogP contribution in [0.3, 0.4) is 0 Å². The van der Waals surface area contributed by atoms with Crippen molar-refractivity contribution in [1.82, 2.24) is 10.2 Å². The zero-order chi connectivity index (χ0) is 24.1. The van der Waals surface area contributed by atoms with Crippen molar-refractivity contribution < 1.29 is 38.9 Å². The number of nitrogens with one attached hydrogen (secondary N) is 1. The number of carbonyl (C=O) groups excluding carboxylic acids is 2. The zero-order valence-corrected chi connectivity index (χ0v) is 18.9. The highest BCUT2D eigenvalue weighted by Gasteiger charge is 2.35. The molecule has 3 amide bonds. The van der Waals surface area contributed by atoms with Gasteiger partial charge in [0.15, 0.2) is 11.5 Å². The fraction of sp³-hybridized carbons (Fsp3) is 0.182. The Morgan fingerprint density at radius 3 is 2.58 bits per heavy atom. The Kier molecular flexibility index (Phi) is 7.34. The number of carboxylic acids is 2. The van der Waals surface area contributed by atoms with E-state index in [1.54, 1.807) is 31.2 Å². The quantitative estimate of drug-likeness (QED) is 0.339. The molecule has 10 nitrogen and oxygen atoms in total. The molecule has 1 aliphatic rings. The molecule has 172 valence electrons. The molecule has 1 fully saturated rings. The molecule has 0 atom stereocenters. The third-order valence-corrected chi connectivity index (χ3v) is 5.04. The largest absolute Gasteiger partial charge is 0.490 e. The van der Waals surface area contributed by atoms with Crippen molar-refractivity contribution in [3.05, 3.63) is 63.3 Å². The van der Waals surface area contributed by atoms with Gasteiger partial charge in [0.25, 0.3) is 5.91 Å². The summed E-state index contributed by atoms with van der Waals surface area (Å²) in [6.07, 6.45) is 1.40. The highest BCUT2D eigenvalue weighted by molar-refractivity contribution is 9.10. The Morgan fingerprint density at radius 2 is 1.91 bits per heavy atom. The Balaban J connectivity index is 1.85. The van der Waals surface area contributed by atoms with Gasteiger partial charge in [0.1, 0.15) is 18.8 Å². The first-order chi connectivity index (χ1) is 15.7. The average Bonchev–Trinajstić information content (AvgIpc) is 3.00. The Morgan fingerprint density at radius 1 is 1.15 bits per heavy atom. The second-order valence-electron chi connectivity index (χ2n) is 6.83. The van der Waals surface area contributed by atoms with Crippen LogP contribution in [0.15, 0.2) is 46.6 Å². The van der Waals surface area contributed by atoms with E-state index in [0.717, 1.165) is 0 Å². The van der Waals surface area contributed by atoms with Crippen LogP contribution in [0.2, 0.25) is 0 Å². The number of ether oxygens (including phenoxy) is 2. The van der Waals surface area contributed by atoms with Crippen LogP contribution in [0.25, 0.3) is 6.08 Å². The number of amides is 3. The molecular formula is C22H19BrN2O8. The van der Waals surface area contributed by atoms with E-state index in [0.29, 0.717) is 38.6 Å². The van der Waals surface area contributed by atoms with Crippen LogP contribution in [0.5, 0.6) is 11.5 Å². The molecular weight excluding hydrogens is 500 g/mol. The summed E-state index contributed by atoms with van der Waals surface area (Å²) in [5, 5.41) is 20.4. The lowest BCUT2D eigenvalue weighted by atomic mass is 10.1. The maximum atomic E-state index is 12.4. The number of aromatic carboxylic acids is 1. The van der Waals surface area contributed by atoms with Crippen LogP contribution >= 0.6 is 15.9 Å². The van der Waals surface area contributed by atoms with E-state index in [9.17, 15) is 19.2 Å². The third-order valence-electron chi connectivity index (χ3n) is 4.46. The monoisotopic (exact) mass is 518 g/mol. The minimum Gasteiger partial charge on any atom is -0.490 e. The second kappa shape index (κ2) is 10.2. The molecule has 0 aliphatic carbocycles. The minimum absolute atomic E-state index is 0.0743. The van der Waals surface area contributed by atoms with Crippen LogP contribution in [-0.2, 0) is 16.2 Å². The maximum Gasteiger partial charge on any atom is 0.335 e. The molecule has 0 unspecified atom stereocenters. The molecule has 0 spiro atoms. The second-order valence-corrected chi connectivity index (χ2v) is 7.68. The van der Waals surface area contributed by atoms with E-state index in [4.69, 9.17) is 19.7 Å². The minimum atomic E-state index is -1.31. The van der Waals surface area contributed by atoms with Gasteiger partial charge in [-0.25, -0.2) is 14.5 Å². The van der Waals surface area contributed by atoms with Gasteiger partial charge in [-0.3, -0.25) is 9.59 Å². The number of hydrogen-bond acceptors (Lipinski definition) is 6. The first-order valence-electron chi connectivity index (χ1n) is 9.67. The average molecular weight is 519 g/mol. The number of carbonyl (C=O) groups is 4. The first kappa shape index (κ1) is 23.8. The van der Waals surface area contributed by atoms with Gasteiger partial charge < -0.3 is 25.0 Å². The van der Waals surface area contributed by atoms with Gasteiger partial charge in [0.05, 0.1) is 16.6 Å². The van der Waals surface area contributed by atoms with E-state index < -0.39 is 30.4 Å². The van der Waals surface area contributed by atoms with Gasteiger partial charge >= 0.3 is 18.0 Å². The number of imide groups is 1. The summed E-state index contributed by atoms with van der Waals surface area (Å²) in [4.78, 5) is 46.9. The summed E-state index contributed by atoms with van der Waals surface area (Å²) in [6, 6.07) is 8.76. The number of halogens is 1. The number of aliphatic carboxylic acids is 1. The molecule has 1 heterocycles. The first-order valence-corrected chi connectivity index (χ1v) is 10.5. The van der Waals surface area contributed by atoms with Crippen LogP contribution in [0.1, 0.15) is 28.4 Å². The van der Waals surface area contributed by atoms with E-state index in [2.05, 4.69) is 21.2 Å². The number of rotatable bonds is 9. The molecule has 11 heteroatoms. The smallest absolute Gasteiger partial charge is 0.335 e. The molecule has 33 heavy (non-hydrogen) atoms. The predicted octanol–water partition coefficient (Wildman–Crippen LogP) is 3.10. The Hall–Kier alpha value is -3.86. The normalized spacial score (nSPS) is 14.4. The number of nitrogens with zero attached hydrogens (tertiary/aromatic N) is 1. The van der Waals surface area contributed by atoms with Gasteiger partial charge in [-0.05, 0) is 64.3 Å². The highest BCUT2D eigenvalue weighted by atomic mass is 79.9. The van der Waals surface area contributed by atoms with Crippen LogP contribution in [0.4, 0.5) is 4.79 Å². The molecule has 0 saturated carbocycles. The van der Waals surface area contributed by atoms with Crippen molar-refractivity contribution in [2.45, 2.75) is 13.5 Å². The van der Waals surface area contributed by atoms with E-state index in [-0.39, 0.29) is 17.9 Å². The Bertz CT molecular complexity index is 1160. The van der Waals surface area contributed by atoms with Crippen LogP contribution < -0.4 is 14.8 Å². The van der Waals surface area contributed by atoms with Crippen molar-refractivity contribution in [2.75, 3.05) is 13.2 Å². The predicted molar refractivity (Wildman–Crippen MR) is 119 cm³/mol. The number of hydrogen-bond donors (Lipinski definition) is 3. The van der Waals surface area contributed by atoms with Gasteiger partial charge in [0, 0.05) is 0 Å². The summed E-state index contributed by atoms with van der Waals surface area (Å²) >= 11 is 3.41. The van der Waals surface area contributed by atoms with E-state index in [1.807, 2.05) is 0 Å². The van der Waals surface area contributed by atoms with Crippen molar-refractivity contribution in [2.24, 2.45) is 0 Å². The number of benzene rings is 2. The molecule has 1 saturated heterocycles. The van der Waals surface area contributed by atoms with Crippen LogP contribution in [0, 0.1) is 0 Å². The summed E-state index contributed by atoms with van der Waals surface area (Å²) in [7, 11) is 0. The molecule has 1 aliphatic heterocycles. The fourth-order valence-electron chi connectivity index (χ4n) is 3.04. The van der Waals surface area contributed by atoms with Crippen molar-refractivity contribution in [1.29, 1.82) is 0 Å². The lowest BCUT2D eigenvalue weighted by Gasteiger charge is -2.15. The van der Waals surface area contributed by atoms with Crippen molar-refractivity contribution >= 4 is 45.9 Å². The highest BCUT2D eigenvalue weighted by Crippen LogP contribution is 2.38. The Labute approximate surface area is 196 Å². The maximum absolute atomic E-state index is 12.4. The third kappa shape index (κ3) is 5.69. The van der Waals surface area contributed by atoms with Crippen molar-refractivity contribution in [3.63, 3.8) is 0 Å². The van der Waals surface area contributed by atoms with E-state index >= 15 is 0 Å².